The lowest BCUT2D eigenvalue weighted by Gasteiger charge is -2.17. The monoisotopic (exact) mass is 416 g/mol. The van der Waals surface area contributed by atoms with Crippen LogP contribution in [-0.4, -0.2) is 32.9 Å². The average molecular weight is 417 g/mol. The van der Waals surface area contributed by atoms with Crippen molar-refractivity contribution in [2.24, 2.45) is 0 Å². The minimum absolute atomic E-state index is 0.723. The number of aryl methyl sites for hydroxylation is 6. The van der Waals surface area contributed by atoms with Crippen LogP contribution in [-0.2, 0) is 17.7 Å². The number of benzene rings is 1. The van der Waals surface area contributed by atoms with Crippen LogP contribution in [0.3, 0.4) is 0 Å². The summed E-state index contributed by atoms with van der Waals surface area (Å²) >= 11 is 0. The average Bonchev–Trinajstić information content (AvgIpc) is 3.26. The van der Waals surface area contributed by atoms with Crippen LogP contribution in [0.15, 0.2) is 36.9 Å². The van der Waals surface area contributed by atoms with Crippen molar-refractivity contribution >= 4 is 16.7 Å². The molecule has 0 saturated heterocycles. The van der Waals surface area contributed by atoms with Crippen LogP contribution in [0.4, 0.5) is 0 Å². The summed E-state index contributed by atoms with van der Waals surface area (Å²) in [5.74, 6) is 0. The van der Waals surface area contributed by atoms with Crippen LogP contribution in [0.5, 0.6) is 0 Å². The van der Waals surface area contributed by atoms with Crippen molar-refractivity contribution in [1.29, 1.82) is 0 Å². The van der Waals surface area contributed by atoms with E-state index in [1.54, 1.807) is 7.11 Å². The van der Waals surface area contributed by atoms with Crippen molar-refractivity contribution in [3.05, 3.63) is 65.0 Å². The number of rotatable bonds is 8. The molecule has 3 heterocycles. The highest BCUT2D eigenvalue weighted by Gasteiger charge is 2.20. The van der Waals surface area contributed by atoms with Crippen LogP contribution < -0.4 is 0 Å². The van der Waals surface area contributed by atoms with Gasteiger partial charge in [-0.15, -0.1) is 6.58 Å². The first-order valence-corrected chi connectivity index (χ1v) is 11.0. The lowest BCUT2D eigenvalue weighted by molar-refractivity contribution is 0.191. The summed E-state index contributed by atoms with van der Waals surface area (Å²) < 4.78 is 9.79. The van der Waals surface area contributed by atoms with Gasteiger partial charge in [-0.1, -0.05) is 23.8 Å². The molecule has 0 saturated carbocycles. The van der Waals surface area contributed by atoms with Gasteiger partial charge in [-0.25, -0.2) is 4.98 Å². The van der Waals surface area contributed by atoms with Gasteiger partial charge in [-0.2, -0.15) is 9.61 Å². The van der Waals surface area contributed by atoms with E-state index in [-0.39, 0.29) is 0 Å². The standard InChI is InChI=1S/C26H32N4O/c1-7-8-10-21-14-17(2)13-18(3)25(21)23-16-22-20(5)27-24-15-19(4)28-30(24)26(22)29(23)11-9-12-31-6/h7,13-16H,1,8-12H2,2-6H3. The summed E-state index contributed by atoms with van der Waals surface area (Å²) in [5.41, 5.74) is 10.5. The number of hydrogen-bond donors (Lipinski definition) is 0. The maximum Gasteiger partial charge on any atom is 0.157 e. The zero-order valence-corrected chi connectivity index (χ0v) is 19.3. The minimum atomic E-state index is 0.723. The summed E-state index contributed by atoms with van der Waals surface area (Å²) in [4.78, 5) is 4.83. The summed E-state index contributed by atoms with van der Waals surface area (Å²) in [6.45, 7) is 14.0. The van der Waals surface area contributed by atoms with E-state index in [9.17, 15) is 0 Å². The second kappa shape index (κ2) is 8.67. The molecule has 0 fully saturated rings. The summed E-state index contributed by atoms with van der Waals surface area (Å²) in [6.07, 6.45) is 4.88. The molecule has 4 rings (SSSR count). The molecule has 0 unspecified atom stereocenters. The topological polar surface area (TPSA) is 44.4 Å². The summed E-state index contributed by atoms with van der Waals surface area (Å²) in [5, 5.41) is 5.93. The van der Waals surface area contributed by atoms with Gasteiger partial charge in [0.05, 0.1) is 17.1 Å². The second-order valence-electron chi connectivity index (χ2n) is 8.46. The number of fused-ring (bicyclic) bond motifs is 3. The number of hydrogen-bond acceptors (Lipinski definition) is 3. The van der Waals surface area contributed by atoms with Crippen molar-refractivity contribution in [3.8, 4) is 11.3 Å². The van der Waals surface area contributed by atoms with Gasteiger partial charge in [0, 0.05) is 37.3 Å². The molecular weight excluding hydrogens is 384 g/mol. The molecule has 31 heavy (non-hydrogen) atoms. The summed E-state index contributed by atoms with van der Waals surface area (Å²) in [7, 11) is 1.76. The Morgan fingerprint density at radius 3 is 2.65 bits per heavy atom. The fraction of sp³-hybridized carbons (Fsp3) is 0.385. The third-order valence-corrected chi connectivity index (χ3v) is 5.92. The highest BCUT2D eigenvalue weighted by Crippen LogP contribution is 2.35. The van der Waals surface area contributed by atoms with Crippen LogP contribution in [0.2, 0.25) is 0 Å². The normalized spacial score (nSPS) is 11.6. The van der Waals surface area contributed by atoms with Crippen molar-refractivity contribution in [2.75, 3.05) is 13.7 Å². The fourth-order valence-electron chi connectivity index (χ4n) is 4.66. The molecule has 5 nitrogen and oxygen atoms in total. The van der Waals surface area contributed by atoms with E-state index in [1.165, 1.54) is 27.9 Å². The Morgan fingerprint density at radius 2 is 1.90 bits per heavy atom. The van der Waals surface area contributed by atoms with E-state index in [0.29, 0.717) is 0 Å². The molecule has 4 aromatic rings. The lowest BCUT2D eigenvalue weighted by Crippen LogP contribution is -2.08. The van der Waals surface area contributed by atoms with Gasteiger partial charge in [-0.3, -0.25) is 0 Å². The number of nitrogens with zero attached hydrogens (tertiary/aromatic N) is 4. The fourth-order valence-corrected chi connectivity index (χ4v) is 4.66. The van der Waals surface area contributed by atoms with Crippen LogP contribution in [0.25, 0.3) is 27.9 Å². The van der Waals surface area contributed by atoms with E-state index in [2.05, 4.69) is 50.1 Å². The number of allylic oxidation sites excluding steroid dienone is 1. The molecule has 3 aromatic heterocycles. The molecule has 0 amide bonds. The third-order valence-electron chi connectivity index (χ3n) is 5.92. The zero-order valence-electron chi connectivity index (χ0n) is 19.3. The minimum Gasteiger partial charge on any atom is -0.385 e. The first-order chi connectivity index (χ1) is 14.9. The van der Waals surface area contributed by atoms with Crippen molar-refractivity contribution in [3.63, 3.8) is 0 Å². The second-order valence-corrected chi connectivity index (χ2v) is 8.46. The van der Waals surface area contributed by atoms with Gasteiger partial charge in [0.2, 0.25) is 0 Å². The number of ether oxygens (including phenoxy) is 1. The predicted octanol–water partition coefficient (Wildman–Crippen LogP) is 5.74. The van der Waals surface area contributed by atoms with Gasteiger partial charge in [0.25, 0.3) is 0 Å². The van der Waals surface area contributed by atoms with Gasteiger partial charge < -0.3 is 9.30 Å². The van der Waals surface area contributed by atoms with Crippen LogP contribution in [0, 0.1) is 27.7 Å². The van der Waals surface area contributed by atoms with E-state index in [0.717, 1.165) is 60.5 Å². The van der Waals surface area contributed by atoms with Crippen LogP contribution >= 0.6 is 0 Å². The van der Waals surface area contributed by atoms with E-state index < -0.39 is 0 Å². The van der Waals surface area contributed by atoms with Crippen LogP contribution in [0.1, 0.15) is 40.9 Å². The molecule has 0 radical (unpaired) electrons. The predicted molar refractivity (Wildman–Crippen MR) is 128 cm³/mol. The zero-order chi connectivity index (χ0) is 22.1. The Balaban J connectivity index is 2.04. The Morgan fingerprint density at radius 1 is 1.10 bits per heavy atom. The Bertz CT molecular complexity index is 1260. The Labute approximate surface area is 184 Å². The van der Waals surface area contributed by atoms with Gasteiger partial charge in [-0.05, 0) is 64.2 Å². The van der Waals surface area contributed by atoms with Gasteiger partial charge in [0.1, 0.15) is 5.65 Å². The molecule has 0 aliphatic carbocycles. The smallest absolute Gasteiger partial charge is 0.157 e. The molecule has 0 aliphatic rings. The molecule has 1 aromatic carbocycles. The van der Waals surface area contributed by atoms with Gasteiger partial charge >= 0.3 is 0 Å². The Kier molecular flexibility index (Phi) is 5.96. The van der Waals surface area contributed by atoms with Crippen molar-refractivity contribution < 1.29 is 4.74 Å². The molecular formula is C26H32N4O. The quantitative estimate of drug-likeness (QED) is 0.272. The molecule has 0 aliphatic heterocycles. The number of aromatic nitrogens is 4. The van der Waals surface area contributed by atoms with Gasteiger partial charge in [0.15, 0.2) is 5.65 Å². The maximum atomic E-state index is 5.37. The maximum absolute atomic E-state index is 5.37. The largest absolute Gasteiger partial charge is 0.385 e. The van der Waals surface area contributed by atoms with Crippen molar-refractivity contribution in [1.82, 2.24) is 19.2 Å². The van der Waals surface area contributed by atoms with E-state index in [1.807, 2.05) is 23.6 Å². The lowest BCUT2D eigenvalue weighted by atomic mass is 9.93. The highest BCUT2D eigenvalue weighted by molar-refractivity contribution is 5.89. The molecule has 0 spiro atoms. The van der Waals surface area contributed by atoms with E-state index >= 15 is 0 Å². The molecule has 162 valence electrons. The Hall–Kier alpha value is -2.92. The molecule has 5 heteroatoms. The molecule has 0 bridgehead atoms. The van der Waals surface area contributed by atoms with Crippen molar-refractivity contribution in [2.45, 2.75) is 53.5 Å². The van der Waals surface area contributed by atoms with E-state index in [4.69, 9.17) is 14.8 Å². The SMILES string of the molecule is C=CCCc1cc(C)cc(C)c1-c1cc2c(C)nc3cc(C)nn3c2n1CCCOC. The first kappa shape index (κ1) is 21.3. The third kappa shape index (κ3) is 3.90. The highest BCUT2D eigenvalue weighted by atomic mass is 16.5. The molecule has 0 atom stereocenters. The summed E-state index contributed by atoms with van der Waals surface area (Å²) in [6, 6.07) is 8.95. The number of methoxy groups -OCH3 is 1. The molecule has 0 N–H and O–H groups in total. The first-order valence-electron chi connectivity index (χ1n) is 11.0.